The maximum atomic E-state index is 11.8. The number of carbonyl (C=O) groups is 1. The van der Waals surface area contributed by atoms with Crippen molar-refractivity contribution >= 4 is 27.7 Å². The highest BCUT2D eigenvalue weighted by atomic mass is 79.9. The number of halogens is 1. The highest BCUT2D eigenvalue weighted by Gasteiger charge is 2.30. The van der Waals surface area contributed by atoms with Crippen LogP contribution in [-0.4, -0.2) is 16.4 Å². The number of hydrogen-bond acceptors (Lipinski definition) is 3. The van der Waals surface area contributed by atoms with Crippen LogP contribution in [0.4, 0.5) is 5.82 Å². The minimum Gasteiger partial charge on any atom is -0.309 e. The number of rotatable bonds is 0. The Balaban J connectivity index is 2.40. The van der Waals surface area contributed by atoms with E-state index in [0.717, 1.165) is 10.0 Å². The maximum Gasteiger partial charge on any atom is 0.245 e. The predicted octanol–water partition coefficient (Wildman–Crippen LogP) is 1.66. The normalized spacial score (nSPS) is 19.0. The van der Waals surface area contributed by atoms with Crippen molar-refractivity contribution in [2.24, 2.45) is 0 Å². The number of nitrogens with zero attached hydrogens (tertiary/aromatic N) is 1. The van der Waals surface area contributed by atoms with Crippen LogP contribution in [0, 0.1) is 0 Å². The molecule has 5 heteroatoms. The average molecular weight is 270 g/mol. The van der Waals surface area contributed by atoms with Crippen LogP contribution in [0.1, 0.15) is 19.4 Å². The molecular weight excluding hydrogens is 258 g/mol. The average Bonchev–Trinajstić information content (AvgIpc) is 2.27. The number of amides is 1. The first-order valence-electron chi connectivity index (χ1n) is 4.70. The van der Waals surface area contributed by atoms with Crippen molar-refractivity contribution in [2.75, 3.05) is 5.32 Å². The fraction of sp³-hybridized carbons (Fsp3) is 0.400. The van der Waals surface area contributed by atoms with Crippen LogP contribution in [0.25, 0.3) is 0 Å². The lowest BCUT2D eigenvalue weighted by Gasteiger charge is -2.21. The summed E-state index contributed by atoms with van der Waals surface area (Å²) < 4.78 is 0.914. The largest absolute Gasteiger partial charge is 0.309 e. The third-order valence-electron chi connectivity index (χ3n) is 2.45. The molecule has 0 atom stereocenters. The van der Waals surface area contributed by atoms with E-state index in [2.05, 4.69) is 31.5 Å². The molecule has 80 valence electrons. The summed E-state index contributed by atoms with van der Waals surface area (Å²) in [5, 5.41) is 5.99. The molecule has 0 radical (unpaired) electrons. The third-order valence-corrected chi connectivity index (χ3v) is 2.89. The number of pyridine rings is 1. The van der Waals surface area contributed by atoms with Gasteiger partial charge in [0.15, 0.2) is 0 Å². The number of hydrogen-bond donors (Lipinski definition) is 2. The molecule has 4 nitrogen and oxygen atoms in total. The summed E-state index contributed by atoms with van der Waals surface area (Å²) in [6.07, 6.45) is 1.68. The van der Waals surface area contributed by atoms with E-state index in [-0.39, 0.29) is 5.91 Å². The van der Waals surface area contributed by atoms with E-state index in [4.69, 9.17) is 0 Å². The summed E-state index contributed by atoms with van der Waals surface area (Å²) >= 11 is 3.36. The van der Waals surface area contributed by atoms with Gasteiger partial charge in [0, 0.05) is 22.8 Å². The SMILES string of the molecule is CC1(C)NCc2cc(Br)cnc2NC1=O. The van der Waals surface area contributed by atoms with Crippen LogP contribution in [0.15, 0.2) is 16.7 Å². The van der Waals surface area contributed by atoms with Gasteiger partial charge in [-0.1, -0.05) is 0 Å². The molecule has 0 bridgehead atoms. The summed E-state index contributed by atoms with van der Waals surface area (Å²) in [7, 11) is 0. The standard InChI is InChI=1S/C10H12BrN3O/c1-10(2)9(15)14-8-6(4-13-10)3-7(11)5-12-8/h3,5,13H,4H2,1-2H3,(H,12,14,15). The van der Waals surface area contributed by atoms with Crippen LogP contribution >= 0.6 is 15.9 Å². The minimum atomic E-state index is -0.562. The molecule has 0 aliphatic carbocycles. The molecule has 0 saturated heterocycles. The Hall–Kier alpha value is -0.940. The maximum absolute atomic E-state index is 11.8. The van der Waals surface area contributed by atoms with Crippen molar-refractivity contribution in [1.82, 2.24) is 10.3 Å². The van der Waals surface area contributed by atoms with Gasteiger partial charge in [-0.2, -0.15) is 0 Å². The van der Waals surface area contributed by atoms with Crippen molar-refractivity contribution in [2.45, 2.75) is 25.9 Å². The Bertz CT molecular complexity index is 417. The molecule has 1 aromatic rings. The molecule has 2 heterocycles. The molecule has 0 unspecified atom stereocenters. The first-order valence-corrected chi connectivity index (χ1v) is 5.49. The van der Waals surface area contributed by atoms with Crippen molar-refractivity contribution in [3.8, 4) is 0 Å². The first-order chi connectivity index (χ1) is 6.99. The predicted molar refractivity (Wildman–Crippen MR) is 61.5 cm³/mol. The Labute approximate surface area is 96.6 Å². The van der Waals surface area contributed by atoms with Crippen LogP contribution in [0.2, 0.25) is 0 Å². The number of nitrogens with one attached hydrogen (secondary N) is 2. The first kappa shape index (κ1) is 10.6. The van der Waals surface area contributed by atoms with Crippen molar-refractivity contribution in [1.29, 1.82) is 0 Å². The van der Waals surface area contributed by atoms with Gasteiger partial charge in [-0.3, -0.25) is 10.1 Å². The second kappa shape index (κ2) is 3.57. The fourth-order valence-electron chi connectivity index (χ4n) is 1.39. The van der Waals surface area contributed by atoms with Gasteiger partial charge in [0.05, 0.1) is 5.54 Å². The van der Waals surface area contributed by atoms with Gasteiger partial charge in [0.1, 0.15) is 5.82 Å². The highest BCUT2D eigenvalue weighted by molar-refractivity contribution is 9.10. The number of aromatic nitrogens is 1. The lowest BCUT2D eigenvalue weighted by molar-refractivity contribution is -0.121. The quantitative estimate of drug-likeness (QED) is 0.754. The molecule has 1 aliphatic heterocycles. The zero-order valence-corrected chi connectivity index (χ0v) is 10.2. The van der Waals surface area contributed by atoms with E-state index < -0.39 is 5.54 Å². The summed E-state index contributed by atoms with van der Waals surface area (Å²) in [6.45, 7) is 4.33. The summed E-state index contributed by atoms with van der Waals surface area (Å²) in [5.41, 5.74) is 0.427. The molecule has 0 aromatic carbocycles. The number of fused-ring (bicyclic) bond motifs is 1. The van der Waals surface area contributed by atoms with E-state index in [1.54, 1.807) is 6.20 Å². The van der Waals surface area contributed by atoms with Crippen LogP contribution in [0.5, 0.6) is 0 Å². The Kier molecular flexibility index (Phi) is 2.52. The molecule has 0 spiro atoms. The Morgan fingerprint density at radius 1 is 1.53 bits per heavy atom. The van der Waals surface area contributed by atoms with E-state index in [0.29, 0.717) is 12.4 Å². The molecule has 15 heavy (non-hydrogen) atoms. The number of anilines is 1. The van der Waals surface area contributed by atoms with Crippen molar-refractivity contribution < 1.29 is 4.79 Å². The van der Waals surface area contributed by atoms with Gasteiger partial charge in [-0.05, 0) is 35.8 Å². The van der Waals surface area contributed by atoms with Crippen molar-refractivity contribution in [3.05, 3.63) is 22.3 Å². The Morgan fingerprint density at radius 3 is 3.00 bits per heavy atom. The molecule has 0 saturated carbocycles. The number of carbonyl (C=O) groups excluding carboxylic acids is 1. The molecular formula is C10H12BrN3O. The third kappa shape index (κ3) is 2.03. The summed E-state index contributed by atoms with van der Waals surface area (Å²) in [5.74, 6) is 0.581. The van der Waals surface area contributed by atoms with Gasteiger partial charge in [-0.25, -0.2) is 4.98 Å². The molecule has 1 aromatic heterocycles. The van der Waals surface area contributed by atoms with Crippen LogP contribution < -0.4 is 10.6 Å². The summed E-state index contributed by atoms with van der Waals surface area (Å²) in [6, 6.07) is 1.96. The van der Waals surface area contributed by atoms with Crippen LogP contribution in [-0.2, 0) is 11.3 Å². The topological polar surface area (TPSA) is 54.0 Å². The van der Waals surface area contributed by atoms with Gasteiger partial charge in [0.25, 0.3) is 0 Å². The highest BCUT2D eigenvalue weighted by Crippen LogP contribution is 2.22. The molecule has 2 rings (SSSR count). The fourth-order valence-corrected chi connectivity index (χ4v) is 1.77. The van der Waals surface area contributed by atoms with Crippen molar-refractivity contribution in [3.63, 3.8) is 0 Å². The zero-order valence-electron chi connectivity index (χ0n) is 8.60. The molecule has 1 amide bonds. The van der Waals surface area contributed by atoms with Gasteiger partial charge in [-0.15, -0.1) is 0 Å². The molecule has 0 fully saturated rings. The van der Waals surface area contributed by atoms with E-state index in [1.807, 2.05) is 19.9 Å². The van der Waals surface area contributed by atoms with E-state index in [1.165, 1.54) is 0 Å². The molecule has 2 N–H and O–H groups in total. The lowest BCUT2D eigenvalue weighted by atomic mass is 10.1. The smallest absolute Gasteiger partial charge is 0.245 e. The monoisotopic (exact) mass is 269 g/mol. The van der Waals surface area contributed by atoms with Gasteiger partial charge in [0.2, 0.25) is 5.91 Å². The van der Waals surface area contributed by atoms with Crippen LogP contribution in [0.3, 0.4) is 0 Å². The van der Waals surface area contributed by atoms with E-state index >= 15 is 0 Å². The minimum absolute atomic E-state index is 0.0592. The summed E-state index contributed by atoms with van der Waals surface area (Å²) in [4.78, 5) is 15.9. The molecule has 1 aliphatic rings. The second-order valence-electron chi connectivity index (χ2n) is 4.09. The van der Waals surface area contributed by atoms with Gasteiger partial charge >= 0.3 is 0 Å². The lowest BCUT2D eigenvalue weighted by Crippen LogP contribution is -2.47. The Morgan fingerprint density at radius 2 is 2.27 bits per heavy atom. The zero-order chi connectivity index (χ0) is 11.1. The second-order valence-corrected chi connectivity index (χ2v) is 5.01. The van der Waals surface area contributed by atoms with E-state index in [9.17, 15) is 4.79 Å². The van der Waals surface area contributed by atoms with Gasteiger partial charge < -0.3 is 5.32 Å².